The first-order chi connectivity index (χ1) is 9.13. The zero-order valence-corrected chi connectivity index (χ0v) is 11.7. The number of aliphatic hydroxyl groups is 1. The van der Waals surface area contributed by atoms with Gasteiger partial charge in [-0.2, -0.15) is 5.10 Å². The lowest BCUT2D eigenvalue weighted by Gasteiger charge is -2.14. The Morgan fingerprint density at radius 3 is 2.89 bits per heavy atom. The fraction of sp³-hybridized carbons (Fsp3) is 0.714. The first-order valence-corrected chi connectivity index (χ1v) is 7.09. The molecule has 1 amide bonds. The molecule has 1 aliphatic rings. The molecule has 5 heteroatoms. The lowest BCUT2D eigenvalue weighted by molar-refractivity contribution is 0.0933. The summed E-state index contributed by atoms with van der Waals surface area (Å²) in [4.78, 5) is 12.1. The molecule has 1 aliphatic carbocycles. The Kier molecular flexibility index (Phi) is 4.58. The van der Waals surface area contributed by atoms with Gasteiger partial charge in [0, 0.05) is 18.3 Å². The molecule has 0 bridgehead atoms. The van der Waals surface area contributed by atoms with Crippen molar-refractivity contribution in [2.75, 3.05) is 6.61 Å². The van der Waals surface area contributed by atoms with Gasteiger partial charge in [0.1, 0.15) is 0 Å². The van der Waals surface area contributed by atoms with E-state index >= 15 is 0 Å². The van der Waals surface area contributed by atoms with Gasteiger partial charge in [-0.3, -0.25) is 9.48 Å². The summed E-state index contributed by atoms with van der Waals surface area (Å²) in [6.07, 6.45) is 7.04. The average molecular weight is 265 g/mol. The Morgan fingerprint density at radius 2 is 2.26 bits per heavy atom. The van der Waals surface area contributed by atoms with Gasteiger partial charge in [-0.15, -0.1) is 0 Å². The Morgan fingerprint density at radius 1 is 1.58 bits per heavy atom. The van der Waals surface area contributed by atoms with E-state index in [1.54, 1.807) is 6.20 Å². The number of hydrogen-bond donors (Lipinski definition) is 2. The van der Waals surface area contributed by atoms with Crippen LogP contribution in [0.2, 0.25) is 0 Å². The lowest BCUT2D eigenvalue weighted by atomic mass is 10.2. The first kappa shape index (κ1) is 14.1. The van der Waals surface area contributed by atoms with Gasteiger partial charge >= 0.3 is 0 Å². The van der Waals surface area contributed by atoms with E-state index in [2.05, 4.69) is 10.4 Å². The molecule has 2 N–H and O–H groups in total. The minimum Gasteiger partial charge on any atom is -0.396 e. The van der Waals surface area contributed by atoms with Crippen molar-refractivity contribution >= 4 is 5.91 Å². The molecular formula is C14H23N3O2. The maximum atomic E-state index is 12.1. The summed E-state index contributed by atoms with van der Waals surface area (Å²) in [5.41, 5.74) is 1.59. The largest absolute Gasteiger partial charge is 0.396 e. The summed E-state index contributed by atoms with van der Waals surface area (Å²) in [6.45, 7) is 3.93. The van der Waals surface area contributed by atoms with Crippen molar-refractivity contribution in [3.8, 4) is 0 Å². The number of aromatic nitrogens is 2. The van der Waals surface area contributed by atoms with E-state index in [1.807, 2.05) is 18.5 Å². The minimum atomic E-state index is -0.0947. The molecule has 1 atom stereocenters. The highest BCUT2D eigenvalue weighted by molar-refractivity contribution is 5.95. The SMILES string of the molecule is Cc1c(C(=O)NC(C)CCO)cnn1C1CCCC1. The number of nitrogens with one attached hydrogen (secondary N) is 1. The maximum Gasteiger partial charge on any atom is 0.254 e. The van der Waals surface area contributed by atoms with Crippen molar-refractivity contribution in [1.82, 2.24) is 15.1 Å². The molecule has 5 nitrogen and oxygen atoms in total. The molecule has 1 fully saturated rings. The predicted octanol–water partition coefficient (Wildman–Crippen LogP) is 1.81. The second-order valence-corrected chi connectivity index (χ2v) is 5.41. The van der Waals surface area contributed by atoms with Crippen molar-refractivity contribution in [3.63, 3.8) is 0 Å². The van der Waals surface area contributed by atoms with Crippen molar-refractivity contribution in [3.05, 3.63) is 17.5 Å². The van der Waals surface area contributed by atoms with Gasteiger partial charge in [-0.25, -0.2) is 0 Å². The Labute approximate surface area is 114 Å². The zero-order chi connectivity index (χ0) is 13.8. The van der Waals surface area contributed by atoms with Crippen LogP contribution in [0.4, 0.5) is 0 Å². The summed E-state index contributed by atoms with van der Waals surface area (Å²) in [5.74, 6) is -0.0947. The molecular weight excluding hydrogens is 242 g/mol. The second kappa shape index (κ2) is 6.19. The molecule has 1 aromatic heterocycles. The van der Waals surface area contributed by atoms with Crippen LogP contribution in [-0.4, -0.2) is 33.4 Å². The van der Waals surface area contributed by atoms with Crippen LogP contribution in [0.15, 0.2) is 6.20 Å². The molecule has 2 rings (SSSR count). The van der Waals surface area contributed by atoms with Crippen LogP contribution >= 0.6 is 0 Å². The van der Waals surface area contributed by atoms with E-state index in [-0.39, 0.29) is 18.6 Å². The summed E-state index contributed by atoms with van der Waals surface area (Å²) in [6, 6.07) is 0.433. The molecule has 1 saturated carbocycles. The molecule has 0 aliphatic heterocycles. The van der Waals surface area contributed by atoms with Gasteiger partial charge < -0.3 is 10.4 Å². The highest BCUT2D eigenvalue weighted by Gasteiger charge is 2.22. The summed E-state index contributed by atoms with van der Waals surface area (Å²) in [7, 11) is 0. The molecule has 1 heterocycles. The highest BCUT2D eigenvalue weighted by atomic mass is 16.3. The van der Waals surface area contributed by atoms with Gasteiger partial charge in [0.25, 0.3) is 5.91 Å². The van der Waals surface area contributed by atoms with E-state index in [9.17, 15) is 4.79 Å². The number of rotatable bonds is 5. The molecule has 0 saturated heterocycles. The first-order valence-electron chi connectivity index (χ1n) is 7.09. The van der Waals surface area contributed by atoms with Gasteiger partial charge in [0.15, 0.2) is 0 Å². The summed E-state index contributed by atoms with van der Waals surface area (Å²) in [5, 5.41) is 16.1. The normalized spacial score (nSPS) is 17.6. The van der Waals surface area contributed by atoms with E-state index in [0.717, 1.165) is 18.5 Å². The summed E-state index contributed by atoms with van der Waals surface area (Å²) < 4.78 is 2.00. The van der Waals surface area contributed by atoms with E-state index in [4.69, 9.17) is 5.11 Å². The smallest absolute Gasteiger partial charge is 0.254 e. The Hall–Kier alpha value is -1.36. The topological polar surface area (TPSA) is 67.2 Å². The van der Waals surface area contributed by atoms with Gasteiger partial charge in [0.2, 0.25) is 0 Å². The molecule has 1 aromatic rings. The molecule has 106 valence electrons. The van der Waals surface area contributed by atoms with E-state index in [0.29, 0.717) is 18.0 Å². The van der Waals surface area contributed by atoms with Gasteiger partial charge in [-0.1, -0.05) is 12.8 Å². The quantitative estimate of drug-likeness (QED) is 0.853. The number of carbonyl (C=O) groups excluding carboxylic acids is 1. The van der Waals surface area contributed by atoms with Gasteiger partial charge in [0.05, 0.1) is 17.8 Å². The average Bonchev–Trinajstić information content (AvgIpc) is 2.97. The number of nitrogens with zero attached hydrogens (tertiary/aromatic N) is 2. The van der Waals surface area contributed by atoms with Crippen LogP contribution in [0.1, 0.15) is 61.1 Å². The van der Waals surface area contributed by atoms with Crippen LogP contribution in [0.25, 0.3) is 0 Å². The summed E-state index contributed by atoms with van der Waals surface area (Å²) >= 11 is 0. The third-order valence-corrected chi connectivity index (χ3v) is 3.90. The van der Waals surface area contributed by atoms with Crippen molar-refractivity contribution in [2.45, 2.75) is 58.0 Å². The second-order valence-electron chi connectivity index (χ2n) is 5.41. The predicted molar refractivity (Wildman–Crippen MR) is 73.1 cm³/mol. The van der Waals surface area contributed by atoms with Crippen molar-refractivity contribution < 1.29 is 9.90 Å². The number of hydrogen-bond acceptors (Lipinski definition) is 3. The van der Waals surface area contributed by atoms with Crippen LogP contribution in [-0.2, 0) is 0 Å². The minimum absolute atomic E-state index is 0.0215. The van der Waals surface area contributed by atoms with Crippen LogP contribution in [0, 0.1) is 6.92 Å². The van der Waals surface area contributed by atoms with Crippen molar-refractivity contribution in [2.24, 2.45) is 0 Å². The van der Waals surface area contributed by atoms with E-state index < -0.39 is 0 Å². The van der Waals surface area contributed by atoms with E-state index in [1.165, 1.54) is 12.8 Å². The third-order valence-electron chi connectivity index (χ3n) is 3.90. The number of amides is 1. The fourth-order valence-electron chi connectivity index (χ4n) is 2.73. The molecule has 1 unspecified atom stereocenters. The highest BCUT2D eigenvalue weighted by Crippen LogP contribution is 2.30. The van der Waals surface area contributed by atoms with Crippen LogP contribution in [0.3, 0.4) is 0 Å². The molecule has 19 heavy (non-hydrogen) atoms. The zero-order valence-electron chi connectivity index (χ0n) is 11.7. The molecule has 0 aromatic carbocycles. The third kappa shape index (κ3) is 3.15. The standard InChI is InChI=1S/C14H23N3O2/c1-10(7-8-18)16-14(19)13-9-15-17(11(13)2)12-5-3-4-6-12/h9-10,12,18H,3-8H2,1-2H3,(H,16,19). The number of carbonyl (C=O) groups is 1. The van der Waals surface area contributed by atoms with Crippen LogP contribution < -0.4 is 5.32 Å². The molecule has 0 spiro atoms. The molecule has 0 radical (unpaired) electrons. The Bertz CT molecular complexity index is 436. The van der Waals surface area contributed by atoms with Crippen molar-refractivity contribution in [1.29, 1.82) is 0 Å². The monoisotopic (exact) mass is 265 g/mol. The Balaban J connectivity index is 2.06. The lowest BCUT2D eigenvalue weighted by Crippen LogP contribution is -2.33. The maximum absolute atomic E-state index is 12.1. The van der Waals surface area contributed by atoms with Gasteiger partial charge in [-0.05, 0) is 33.1 Å². The fourth-order valence-corrected chi connectivity index (χ4v) is 2.73. The number of aliphatic hydroxyl groups excluding tert-OH is 1. The van der Waals surface area contributed by atoms with Crippen LogP contribution in [0.5, 0.6) is 0 Å².